The van der Waals surface area contributed by atoms with E-state index in [1.165, 1.54) is 0 Å². The van der Waals surface area contributed by atoms with Gasteiger partial charge in [0.1, 0.15) is 5.75 Å². The number of phenols is 1. The molecule has 1 heterocycles. The third-order valence-electron chi connectivity index (χ3n) is 2.99. The summed E-state index contributed by atoms with van der Waals surface area (Å²) < 4.78 is 11.3. The molecule has 0 saturated carbocycles. The first kappa shape index (κ1) is 12.9. The predicted molar refractivity (Wildman–Crippen MR) is 63.2 cm³/mol. The summed E-state index contributed by atoms with van der Waals surface area (Å²) in [5.41, 5.74) is 0.723. The van der Waals surface area contributed by atoms with Gasteiger partial charge in [-0.15, -0.1) is 0 Å². The molecule has 0 amide bonds. The van der Waals surface area contributed by atoms with Crippen LogP contribution >= 0.6 is 0 Å². The molecule has 2 unspecified atom stereocenters. The maximum atomic E-state index is 10.5. The predicted octanol–water partition coefficient (Wildman–Crippen LogP) is 1.85. The summed E-state index contributed by atoms with van der Waals surface area (Å²) in [4.78, 5) is 10.5. The summed E-state index contributed by atoms with van der Waals surface area (Å²) in [6.07, 6.45) is 0.252. The van der Waals surface area contributed by atoms with Crippen molar-refractivity contribution in [1.29, 1.82) is 0 Å². The van der Waals surface area contributed by atoms with Gasteiger partial charge in [0.2, 0.25) is 0 Å². The van der Waals surface area contributed by atoms with Crippen LogP contribution in [0.2, 0.25) is 0 Å². The summed E-state index contributed by atoms with van der Waals surface area (Å²) in [7, 11) is 0. The fourth-order valence-electron chi connectivity index (χ4n) is 2.00. The monoisotopic (exact) mass is 252 g/mol. The van der Waals surface area contributed by atoms with Gasteiger partial charge in [-0.1, -0.05) is 12.1 Å². The van der Waals surface area contributed by atoms with E-state index in [4.69, 9.17) is 14.6 Å². The van der Waals surface area contributed by atoms with Crippen LogP contribution in [0.4, 0.5) is 0 Å². The lowest BCUT2D eigenvalue weighted by Crippen LogP contribution is -2.24. The van der Waals surface area contributed by atoms with Gasteiger partial charge in [-0.25, -0.2) is 0 Å². The molecule has 2 atom stereocenters. The van der Waals surface area contributed by atoms with Crippen LogP contribution < -0.4 is 0 Å². The number of phenolic OH excluding ortho intramolecular Hbond substituents is 1. The maximum Gasteiger partial charge on any atom is 0.303 e. The molecule has 18 heavy (non-hydrogen) atoms. The highest BCUT2D eigenvalue weighted by atomic mass is 16.7. The van der Waals surface area contributed by atoms with Gasteiger partial charge in [-0.3, -0.25) is 4.79 Å². The van der Waals surface area contributed by atoms with Gasteiger partial charge in [0.15, 0.2) is 5.79 Å². The van der Waals surface area contributed by atoms with Gasteiger partial charge in [0.25, 0.3) is 0 Å². The Balaban J connectivity index is 2.03. The average molecular weight is 252 g/mol. The Bertz CT molecular complexity index is 445. The number of rotatable bonds is 4. The van der Waals surface area contributed by atoms with Crippen molar-refractivity contribution in [2.75, 3.05) is 6.61 Å². The molecule has 1 fully saturated rings. The molecule has 2 rings (SSSR count). The van der Waals surface area contributed by atoms with Crippen LogP contribution in [-0.4, -0.2) is 28.9 Å². The Morgan fingerprint density at radius 1 is 1.56 bits per heavy atom. The number of benzene rings is 1. The first-order valence-corrected chi connectivity index (χ1v) is 5.83. The fraction of sp³-hybridized carbons (Fsp3) is 0.462. The van der Waals surface area contributed by atoms with Crippen molar-refractivity contribution >= 4 is 5.97 Å². The van der Waals surface area contributed by atoms with E-state index >= 15 is 0 Å². The van der Waals surface area contributed by atoms with Crippen LogP contribution in [0.1, 0.15) is 25.3 Å². The summed E-state index contributed by atoms with van der Waals surface area (Å²) in [5, 5.41) is 18.1. The maximum absolute atomic E-state index is 10.5. The fourth-order valence-corrected chi connectivity index (χ4v) is 2.00. The molecule has 0 bridgehead atoms. The number of aromatic hydroxyl groups is 1. The molecule has 5 nitrogen and oxygen atoms in total. The van der Waals surface area contributed by atoms with Gasteiger partial charge >= 0.3 is 5.97 Å². The Labute approximate surface area is 105 Å². The van der Waals surface area contributed by atoms with Crippen molar-refractivity contribution < 1.29 is 24.5 Å². The summed E-state index contributed by atoms with van der Waals surface area (Å²) in [6, 6.07) is 6.68. The Kier molecular flexibility index (Phi) is 3.54. The normalized spacial score (nSPS) is 27.3. The summed E-state index contributed by atoms with van der Waals surface area (Å²) >= 11 is 0. The molecule has 1 aromatic carbocycles. The van der Waals surface area contributed by atoms with Gasteiger partial charge < -0.3 is 19.7 Å². The molecule has 0 radical (unpaired) electrons. The van der Waals surface area contributed by atoms with Gasteiger partial charge in [-0.2, -0.15) is 0 Å². The molecule has 1 aliphatic heterocycles. The quantitative estimate of drug-likeness (QED) is 0.855. The number of hydrogen-bond donors (Lipinski definition) is 2. The molecule has 0 spiro atoms. The van der Waals surface area contributed by atoms with E-state index in [1.807, 2.05) is 0 Å². The van der Waals surface area contributed by atoms with E-state index in [1.54, 1.807) is 31.2 Å². The highest BCUT2D eigenvalue weighted by Gasteiger charge is 2.38. The van der Waals surface area contributed by atoms with Crippen LogP contribution in [0.25, 0.3) is 0 Å². The molecule has 1 aromatic rings. The highest BCUT2D eigenvalue weighted by Crippen LogP contribution is 2.36. The molecule has 1 saturated heterocycles. The first-order valence-electron chi connectivity index (χ1n) is 5.83. The minimum absolute atomic E-state index is 0.0597. The van der Waals surface area contributed by atoms with Gasteiger partial charge in [0.05, 0.1) is 12.7 Å². The lowest BCUT2D eigenvalue weighted by atomic mass is 10.1. The zero-order chi connectivity index (χ0) is 13.2. The third kappa shape index (κ3) is 2.80. The van der Waals surface area contributed by atoms with Crippen LogP contribution in [0.3, 0.4) is 0 Å². The second-order valence-corrected chi connectivity index (χ2v) is 4.48. The molecular weight excluding hydrogens is 236 g/mol. The second-order valence-electron chi connectivity index (χ2n) is 4.48. The Hall–Kier alpha value is -1.59. The van der Waals surface area contributed by atoms with Crippen molar-refractivity contribution in [2.45, 2.75) is 31.7 Å². The van der Waals surface area contributed by atoms with Crippen molar-refractivity contribution in [1.82, 2.24) is 0 Å². The molecule has 98 valence electrons. The SMILES string of the molecule is CC1(c2cccc(O)c2)OCC(CCC(=O)O)O1. The molecule has 5 heteroatoms. The van der Waals surface area contributed by atoms with E-state index < -0.39 is 11.8 Å². The van der Waals surface area contributed by atoms with Crippen molar-refractivity contribution in [3.63, 3.8) is 0 Å². The molecule has 2 N–H and O–H groups in total. The number of ether oxygens (including phenoxy) is 2. The standard InChI is InChI=1S/C13H16O5/c1-13(9-3-2-4-10(14)7-9)17-8-11(18-13)5-6-12(15)16/h2-4,7,11,14H,5-6,8H2,1H3,(H,15,16). The Morgan fingerprint density at radius 3 is 3.00 bits per heavy atom. The van der Waals surface area contributed by atoms with E-state index in [0.717, 1.165) is 5.56 Å². The van der Waals surface area contributed by atoms with E-state index in [2.05, 4.69) is 0 Å². The smallest absolute Gasteiger partial charge is 0.303 e. The van der Waals surface area contributed by atoms with Crippen LogP contribution in [0, 0.1) is 0 Å². The molecule has 0 aliphatic carbocycles. The zero-order valence-corrected chi connectivity index (χ0v) is 10.1. The highest BCUT2D eigenvalue weighted by molar-refractivity contribution is 5.66. The summed E-state index contributed by atoms with van der Waals surface area (Å²) in [6.45, 7) is 2.13. The number of aliphatic carboxylic acids is 1. The number of carboxylic acid groups (broad SMARTS) is 1. The number of hydrogen-bond acceptors (Lipinski definition) is 4. The van der Waals surface area contributed by atoms with Gasteiger partial charge in [-0.05, 0) is 25.5 Å². The van der Waals surface area contributed by atoms with Crippen molar-refractivity contribution in [2.24, 2.45) is 0 Å². The van der Waals surface area contributed by atoms with E-state index in [-0.39, 0.29) is 18.3 Å². The number of carboxylic acids is 1. The lowest BCUT2D eigenvalue weighted by molar-refractivity contribution is -0.163. The molecular formula is C13H16O5. The first-order chi connectivity index (χ1) is 8.49. The van der Waals surface area contributed by atoms with Crippen molar-refractivity contribution in [3.8, 4) is 5.75 Å². The van der Waals surface area contributed by atoms with Crippen LogP contribution in [0.5, 0.6) is 5.75 Å². The topological polar surface area (TPSA) is 76.0 Å². The van der Waals surface area contributed by atoms with E-state index in [9.17, 15) is 9.90 Å². The third-order valence-corrected chi connectivity index (χ3v) is 2.99. The van der Waals surface area contributed by atoms with E-state index in [0.29, 0.717) is 13.0 Å². The van der Waals surface area contributed by atoms with Crippen LogP contribution in [0.15, 0.2) is 24.3 Å². The lowest BCUT2D eigenvalue weighted by Gasteiger charge is -2.23. The summed E-state index contributed by atoms with van der Waals surface area (Å²) in [5.74, 6) is -1.61. The number of carbonyl (C=O) groups is 1. The van der Waals surface area contributed by atoms with Crippen molar-refractivity contribution in [3.05, 3.63) is 29.8 Å². The van der Waals surface area contributed by atoms with Crippen LogP contribution in [-0.2, 0) is 20.1 Å². The average Bonchev–Trinajstić information content (AvgIpc) is 2.70. The largest absolute Gasteiger partial charge is 0.508 e. The Morgan fingerprint density at radius 2 is 2.33 bits per heavy atom. The minimum atomic E-state index is -0.915. The minimum Gasteiger partial charge on any atom is -0.508 e. The second kappa shape index (κ2) is 4.96. The zero-order valence-electron chi connectivity index (χ0n) is 10.1. The van der Waals surface area contributed by atoms with Gasteiger partial charge in [0, 0.05) is 12.0 Å². The molecule has 1 aliphatic rings. The molecule has 0 aromatic heterocycles.